The van der Waals surface area contributed by atoms with Crippen LogP contribution >= 0.6 is 16.3 Å². The summed E-state index contributed by atoms with van der Waals surface area (Å²) in [5.41, 5.74) is 0. The molecule has 28 valence electrons. The summed E-state index contributed by atoms with van der Waals surface area (Å²) in [4.78, 5) is 8.90. The molecule has 0 heterocycles. The summed E-state index contributed by atoms with van der Waals surface area (Å²) in [6.07, 6.45) is 0. The van der Waals surface area contributed by atoms with Gasteiger partial charge in [0.25, 0.3) is 0 Å². The van der Waals surface area contributed by atoms with Crippen LogP contribution in [-0.4, -0.2) is 55.4 Å². The second-order valence-electron chi connectivity index (χ2n) is 0.185. The summed E-state index contributed by atoms with van der Waals surface area (Å²) in [6, 6.07) is 0. The van der Waals surface area contributed by atoms with Crippen LogP contribution < -0.4 is 0 Å². The van der Waals surface area contributed by atoms with Gasteiger partial charge >= 0.3 is 55.4 Å². The topological polar surface area (TPSA) is 26.3 Å². The average molecular weight is 264 g/mol. The molecule has 0 aromatic heterocycles. The molecule has 5 heavy (non-hydrogen) atoms. The Kier molecular flexibility index (Phi) is 17.7. The molecular formula is CH3BaBrO2. The van der Waals surface area contributed by atoms with Crippen LogP contribution in [0.1, 0.15) is 0 Å². The molecule has 0 aliphatic rings. The summed E-state index contributed by atoms with van der Waals surface area (Å²) in [7, 11) is 0. The second kappa shape index (κ2) is 9.10. The van der Waals surface area contributed by atoms with Crippen molar-refractivity contribution in [2.24, 2.45) is 0 Å². The molecule has 0 atom stereocenters. The first-order chi connectivity index (χ1) is 1.91. The van der Waals surface area contributed by atoms with Crippen molar-refractivity contribution in [1.82, 2.24) is 0 Å². The number of halogens is 1. The standard InChI is InChI=1S/CHBrO2.Ba.2H/c2-4-1-3;;;/h1H;;;. The van der Waals surface area contributed by atoms with Crippen LogP contribution in [0.4, 0.5) is 0 Å². The molecule has 0 spiro atoms. The van der Waals surface area contributed by atoms with Gasteiger partial charge in [0.05, 0.1) is 0 Å². The van der Waals surface area contributed by atoms with Gasteiger partial charge in [0.2, 0.25) is 0 Å². The number of hydrogen-bond donors (Lipinski definition) is 0. The summed E-state index contributed by atoms with van der Waals surface area (Å²) in [5, 5.41) is 0. The minimum absolute atomic E-state index is 0. The zero-order valence-electron chi connectivity index (χ0n) is 1.77. The van der Waals surface area contributed by atoms with E-state index in [-0.39, 0.29) is 48.9 Å². The number of carbonyl (C=O) groups excluding carboxylic acids is 1. The molecule has 0 aromatic carbocycles. The van der Waals surface area contributed by atoms with Crippen LogP contribution in [0.2, 0.25) is 0 Å². The molecule has 4 heteroatoms. The van der Waals surface area contributed by atoms with Crippen molar-refractivity contribution in [1.29, 1.82) is 0 Å². The van der Waals surface area contributed by atoms with E-state index in [4.69, 9.17) is 4.79 Å². The van der Waals surface area contributed by atoms with Gasteiger partial charge in [-0.3, -0.25) is 4.79 Å². The van der Waals surface area contributed by atoms with Crippen molar-refractivity contribution in [2.45, 2.75) is 0 Å². The fourth-order valence-corrected chi connectivity index (χ4v) is 0. The molecule has 0 amide bonds. The van der Waals surface area contributed by atoms with Gasteiger partial charge in [0, 0.05) is 0 Å². The number of rotatable bonds is 1. The Morgan fingerprint density at radius 3 is 2.00 bits per heavy atom. The normalized spacial score (nSPS) is 4.20. The summed E-state index contributed by atoms with van der Waals surface area (Å²) >= 11 is 2.38. The van der Waals surface area contributed by atoms with E-state index in [0.29, 0.717) is 6.47 Å². The van der Waals surface area contributed by atoms with E-state index in [1.165, 1.54) is 0 Å². The van der Waals surface area contributed by atoms with Crippen LogP contribution in [-0.2, 0) is 8.62 Å². The molecule has 0 saturated heterocycles. The van der Waals surface area contributed by atoms with E-state index < -0.39 is 0 Å². The fourth-order valence-electron chi connectivity index (χ4n) is 0. The van der Waals surface area contributed by atoms with Crippen molar-refractivity contribution in [3.63, 3.8) is 0 Å². The number of carbonyl (C=O) groups is 1. The zero-order valence-corrected chi connectivity index (χ0v) is 3.36. The molecule has 0 aromatic rings. The van der Waals surface area contributed by atoms with E-state index in [1.54, 1.807) is 0 Å². The Morgan fingerprint density at radius 1 is 1.80 bits per heavy atom. The monoisotopic (exact) mass is 264 g/mol. The molecule has 0 saturated carbocycles. The fraction of sp³-hybridized carbons (Fsp3) is 0. The first kappa shape index (κ1) is 9.73. The van der Waals surface area contributed by atoms with Crippen molar-refractivity contribution in [2.75, 3.05) is 0 Å². The van der Waals surface area contributed by atoms with Gasteiger partial charge in [-0.2, -0.15) is 0 Å². The quantitative estimate of drug-likeness (QED) is 0.474. The Morgan fingerprint density at radius 2 is 2.00 bits per heavy atom. The minimum atomic E-state index is 0. The Labute approximate surface area is 78.8 Å². The van der Waals surface area contributed by atoms with Crippen LogP contribution in [0.15, 0.2) is 0 Å². The van der Waals surface area contributed by atoms with Crippen molar-refractivity contribution in [3.8, 4) is 0 Å². The van der Waals surface area contributed by atoms with Crippen LogP contribution in [0.3, 0.4) is 0 Å². The van der Waals surface area contributed by atoms with Gasteiger partial charge in [0.15, 0.2) is 16.3 Å². The van der Waals surface area contributed by atoms with E-state index in [2.05, 4.69) is 20.1 Å². The van der Waals surface area contributed by atoms with Gasteiger partial charge in [-0.25, -0.2) is 0 Å². The predicted octanol–water partition coefficient (Wildman–Crippen LogP) is -0.447. The summed E-state index contributed by atoms with van der Waals surface area (Å²) < 4.78 is 3.67. The van der Waals surface area contributed by atoms with Crippen molar-refractivity contribution < 1.29 is 8.62 Å². The molecule has 0 unspecified atom stereocenters. The molecule has 0 radical (unpaired) electrons. The first-order valence-corrected chi connectivity index (χ1v) is 1.27. The van der Waals surface area contributed by atoms with Gasteiger partial charge in [0.1, 0.15) is 0 Å². The molecule has 0 aliphatic carbocycles. The molecule has 0 N–H and O–H groups in total. The van der Waals surface area contributed by atoms with E-state index in [1.807, 2.05) is 0 Å². The SMILES string of the molecule is O=COBr.[BaH2]. The maximum atomic E-state index is 8.90. The molecule has 0 fully saturated rings. The predicted molar refractivity (Wildman–Crippen MR) is 24.6 cm³/mol. The molecule has 0 bridgehead atoms. The third kappa shape index (κ3) is 10.8. The van der Waals surface area contributed by atoms with Crippen molar-refractivity contribution >= 4 is 71.6 Å². The third-order valence-electron chi connectivity index (χ3n) is 0.0364. The third-order valence-corrected chi connectivity index (χ3v) is 0.189. The van der Waals surface area contributed by atoms with Crippen LogP contribution in [0, 0.1) is 0 Å². The summed E-state index contributed by atoms with van der Waals surface area (Å²) in [6.45, 7) is 0.292. The van der Waals surface area contributed by atoms with Gasteiger partial charge in [-0.1, -0.05) is 0 Å². The molecule has 0 aliphatic heterocycles. The Hall–Kier alpha value is 1.52. The number of hydrogen-bond acceptors (Lipinski definition) is 2. The summed E-state index contributed by atoms with van der Waals surface area (Å²) in [5.74, 6) is 0. The molecular weight excluding hydrogens is 261 g/mol. The second-order valence-corrected chi connectivity index (χ2v) is 0.559. The zero-order chi connectivity index (χ0) is 3.41. The Balaban J connectivity index is 0. The van der Waals surface area contributed by atoms with Crippen LogP contribution in [0.25, 0.3) is 0 Å². The van der Waals surface area contributed by atoms with E-state index in [9.17, 15) is 0 Å². The van der Waals surface area contributed by atoms with Gasteiger partial charge < -0.3 is 3.83 Å². The maximum absolute atomic E-state index is 8.90. The van der Waals surface area contributed by atoms with Gasteiger partial charge in [-0.15, -0.1) is 0 Å². The Bertz CT molecular complexity index is 23.6. The van der Waals surface area contributed by atoms with Crippen LogP contribution in [0.5, 0.6) is 0 Å². The van der Waals surface area contributed by atoms with Gasteiger partial charge in [-0.05, 0) is 0 Å². The molecule has 2 nitrogen and oxygen atoms in total. The first-order valence-electron chi connectivity index (χ1n) is 0.626. The molecule has 0 rings (SSSR count). The van der Waals surface area contributed by atoms with E-state index in [0.717, 1.165) is 0 Å². The average Bonchev–Trinajstić information content (AvgIpc) is 1.37. The van der Waals surface area contributed by atoms with Crippen molar-refractivity contribution in [3.05, 3.63) is 0 Å². The van der Waals surface area contributed by atoms with E-state index >= 15 is 0 Å².